The van der Waals surface area contributed by atoms with Crippen LogP contribution >= 0.6 is 11.8 Å². The van der Waals surface area contributed by atoms with E-state index in [2.05, 4.69) is 10.3 Å². The molecule has 6 nitrogen and oxygen atoms in total. The first-order valence-corrected chi connectivity index (χ1v) is 8.59. The summed E-state index contributed by atoms with van der Waals surface area (Å²) in [5, 5.41) is 3.37. The van der Waals surface area contributed by atoms with Gasteiger partial charge in [-0.05, 0) is 30.7 Å². The lowest BCUT2D eigenvalue weighted by molar-refractivity contribution is 0.0919. The summed E-state index contributed by atoms with van der Waals surface area (Å²) in [7, 11) is 1.63. The van der Waals surface area contributed by atoms with E-state index in [9.17, 15) is 4.79 Å². The molecule has 0 aliphatic rings. The second-order valence-electron chi connectivity index (χ2n) is 5.10. The molecule has 0 saturated heterocycles. The van der Waals surface area contributed by atoms with E-state index in [0.29, 0.717) is 35.6 Å². The molecule has 3 rings (SSSR count). The Labute approximate surface area is 143 Å². The summed E-state index contributed by atoms with van der Waals surface area (Å²) in [5.41, 5.74) is 1.59. The number of nitrogens with one attached hydrogen (secondary N) is 1. The van der Waals surface area contributed by atoms with Crippen LogP contribution in [0.25, 0.3) is 11.1 Å². The Bertz CT molecular complexity index is 779. The number of carbonyl (C=O) groups is 1. The van der Waals surface area contributed by atoms with E-state index in [1.165, 1.54) is 11.8 Å². The quantitative estimate of drug-likeness (QED) is 0.497. The first kappa shape index (κ1) is 16.6. The predicted octanol–water partition coefficient (Wildman–Crippen LogP) is 3.48. The number of oxazole rings is 1. The molecule has 1 aromatic carbocycles. The molecule has 0 bridgehead atoms. The Kier molecular flexibility index (Phi) is 5.55. The van der Waals surface area contributed by atoms with Crippen molar-refractivity contribution in [2.45, 2.75) is 17.4 Å². The van der Waals surface area contributed by atoms with Crippen LogP contribution in [-0.4, -0.2) is 31.2 Å². The number of ether oxygens (including phenoxy) is 1. The van der Waals surface area contributed by atoms with Crippen LogP contribution in [-0.2, 0) is 10.5 Å². The van der Waals surface area contributed by atoms with Crippen LogP contribution in [0.4, 0.5) is 0 Å². The summed E-state index contributed by atoms with van der Waals surface area (Å²) in [5.74, 6) is 1.33. The minimum Gasteiger partial charge on any atom is -0.455 e. The maximum Gasteiger partial charge on any atom is 0.286 e. The average Bonchev–Trinajstić information content (AvgIpc) is 3.23. The van der Waals surface area contributed by atoms with Crippen molar-refractivity contribution in [1.82, 2.24) is 10.3 Å². The van der Waals surface area contributed by atoms with Crippen molar-refractivity contribution in [2.75, 3.05) is 20.3 Å². The molecule has 0 fully saturated rings. The lowest BCUT2D eigenvalue weighted by Crippen LogP contribution is -2.24. The van der Waals surface area contributed by atoms with Crippen molar-refractivity contribution in [2.24, 2.45) is 0 Å². The summed E-state index contributed by atoms with van der Waals surface area (Å²) in [6, 6.07) is 11.1. The van der Waals surface area contributed by atoms with Crippen LogP contribution in [0.15, 0.2) is 50.5 Å². The second kappa shape index (κ2) is 8.03. The third-order valence-corrected chi connectivity index (χ3v) is 4.16. The van der Waals surface area contributed by atoms with Crippen molar-refractivity contribution in [3.05, 3.63) is 47.9 Å². The van der Waals surface area contributed by atoms with Gasteiger partial charge < -0.3 is 18.9 Å². The molecule has 0 spiro atoms. The molecule has 2 heterocycles. The van der Waals surface area contributed by atoms with Gasteiger partial charge in [0, 0.05) is 20.3 Å². The lowest BCUT2D eigenvalue weighted by Gasteiger charge is -2.02. The molecule has 1 N–H and O–H groups in total. The zero-order chi connectivity index (χ0) is 16.8. The molecule has 3 aromatic rings. The Morgan fingerprint density at radius 2 is 2.12 bits per heavy atom. The van der Waals surface area contributed by atoms with Crippen LogP contribution < -0.4 is 5.32 Å². The number of aromatic nitrogens is 1. The molecule has 1 amide bonds. The van der Waals surface area contributed by atoms with Gasteiger partial charge in [0.1, 0.15) is 11.3 Å². The zero-order valence-electron chi connectivity index (χ0n) is 13.3. The molecule has 0 aliphatic heterocycles. The topological polar surface area (TPSA) is 77.5 Å². The van der Waals surface area contributed by atoms with Gasteiger partial charge in [-0.15, -0.1) is 0 Å². The smallest absolute Gasteiger partial charge is 0.286 e. The summed E-state index contributed by atoms with van der Waals surface area (Å²) in [6.45, 7) is 1.17. The maximum absolute atomic E-state index is 11.9. The van der Waals surface area contributed by atoms with Gasteiger partial charge in [0.25, 0.3) is 11.1 Å². The molecule has 0 unspecified atom stereocenters. The lowest BCUT2D eigenvalue weighted by atomic mass is 10.3. The van der Waals surface area contributed by atoms with Gasteiger partial charge in [-0.25, -0.2) is 4.98 Å². The first-order valence-electron chi connectivity index (χ1n) is 7.60. The number of thioether (sulfide) groups is 1. The van der Waals surface area contributed by atoms with Gasteiger partial charge in [0.15, 0.2) is 11.3 Å². The first-order chi connectivity index (χ1) is 11.8. The van der Waals surface area contributed by atoms with Crippen LogP contribution in [0.3, 0.4) is 0 Å². The fourth-order valence-corrected chi connectivity index (χ4v) is 2.86. The Hall–Kier alpha value is -2.25. The van der Waals surface area contributed by atoms with Crippen LogP contribution in [0.2, 0.25) is 0 Å². The van der Waals surface area contributed by atoms with E-state index in [-0.39, 0.29) is 5.91 Å². The molecular formula is C17H18N2O4S. The van der Waals surface area contributed by atoms with Crippen molar-refractivity contribution in [3.8, 4) is 0 Å². The number of para-hydroxylation sites is 2. The zero-order valence-corrected chi connectivity index (χ0v) is 14.1. The minimum atomic E-state index is -0.218. The summed E-state index contributed by atoms with van der Waals surface area (Å²) in [6.07, 6.45) is 0.767. The van der Waals surface area contributed by atoms with E-state index in [4.69, 9.17) is 13.6 Å². The number of hydrogen-bond donors (Lipinski definition) is 1. The van der Waals surface area contributed by atoms with E-state index in [1.807, 2.05) is 24.3 Å². The third-order valence-electron chi connectivity index (χ3n) is 3.31. The highest BCUT2D eigenvalue weighted by atomic mass is 32.2. The van der Waals surface area contributed by atoms with Crippen molar-refractivity contribution >= 4 is 28.8 Å². The van der Waals surface area contributed by atoms with Gasteiger partial charge >= 0.3 is 0 Å². The Morgan fingerprint density at radius 1 is 1.25 bits per heavy atom. The van der Waals surface area contributed by atoms with Gasteiger partial charge in [0.05, 0.1) is 5.75 Å². The van der Waals surface area contributed by atoms with Gasteiger partial charge in [-0.2, -0.15) is 0 Å². The molecule has 0 aliphatic carbocycles. The van der Waals surface area contributed by atoms with Gasteiger partial charge in [-0.3, -0.25) is 4.79 Å². The number of benzene rings is 1. The van der Waals surface area contributed by atoms with Gasteiger partial charge in [-0.1, -0.05) is 23.9 Å². The number of hydrogen-bond acceptors (Lipinski definition) is 6. The van der Waals surface area contributed by atoms with E-state index >= 15 is 0 Å². The molecule has 0 radical (unpaired) electrons. The standard InChI is InChI=1S/C17H18N2O4S/c1-21-10-4-9-18-16(20)15-8-7-12(22-15)11-24-17-19-13-5-2-3-6-14(13)23-17/h2-3,5-8H,4,9-11H2,1H3,(H,18,20). The fraction of sp³-hybridized carbons (Fsp3) is 0.294. The van der Waals surface area contributed by atoms with E-state index in [0.717, 1.165) is 17.5 Å². The SMILES string of the molecule is COCCCNC(=O)c1ccc(CSc2nc3ccccc3o2)o1. The fourth-order valence-electron chi connectivity index (χ4n) is 2.13. The summed E-state index contributed by atoms with van der Waals surface area (Å²) >= 11 is 1.43. The molecule has 24 heavy (non-hydrogen) atoms. The normalized spacial score (nSPS) is 11.0. The summed E-state index contributed by atoms with van der Waals surface area (Å²) < 4.78 is 16.1. The highest BCUT2D eigenvalue weighted by molar-refractivity contribution is 7.98. The Morgan fingerprint density at radius 3 is 2.96 bits per heavy atom. The maximum atomic E-state index is 11.9. The van der Waals surface area contributed by atoms with Crippen LogP contribution in [0.5, 0.6) is 0 Å². The predicted molar refractivity (Wildman–Crippen MR) is 91.1 cm³/mol. The number of nitrogens with zero attached hydrogens (tertiary/aromatic N) is 1. The molecule has 0 saturated carbocycles. The molecule has 0 atom stereocenters. The number of carbonyl (C=O) groups excluding carboxylic acids is 1. The summed E-state index contributed by atoms with van der Waals surface area (Å²) in [4.78, 5) is 16.3. The average molecular weight is 346 g/mol. The van der Waals surface area contributed by atoms with Crippen LogP contribution in [0.1, 0.15) is 22.7 Å². The molecule has 126 valence electrons. The van der Waals surface area contributed by atoms with E-state index < -0.39 is 0 Å². The monoisotopic (exact) mass is 346 g/mol. The number of methoxy groups -OCH3 is 1. The third kappa shape index (κ3) is 4.18. The molecule has 2 aromatic heterocycles. The number of rotatable bonds is 8. The van der Waals surface area contributed by atoms with Crippen LogP contribution in [0, 0.1) is 0 Å². The second-order valence-corrected chi connectivity index (χ2v) is 6.03. The van der Waals surface area contributed by atoms with Crippen molar-refractivity contribution in [1.29, 1.82) is 0 Å². The molecular weight excluding hydrogens is 328 g/mol. The largest absolute Gasteiger partial charge is 0.455 e. The number of amides is 1. The molecule has 7 heteroatoms. The van der Waals surface area contributed by atoms with Gasteiger partial charge in [0.2, 0.25) is 0 Å². The number of fused-ring (bicyclic) bond motifs is 1. The Balaban J connectivity index is 1.53. The number of furan rings is 1. The van der Waals surface area contributed by atoms with E-state index in [1.54, 1.807) is 19.2 Å². The minimum absolute atomic E-state index is 0.218. The van der Waals surface area contributed by atoms with Crippen molar-refractivity contribution in [3.63, 3.8) is 0 Å². The van der Waals surface area contributed by atoms with Crippen molar-refractivity contribution < 1.29 is 18.4 Å². The highest BCUT2D eigenvalue weighted by Crippen LogP contribution is 2.26. The highest BCUT2D eigenvalue weighted by Gasteiger charge is 2.12.